The van der Waals surface area contributed by atoms with Crippen LogP contribution in [0.25, 0.3) is 10.2 Å². The fourth-order valence-corrected chi connectivity index (χ4v) is 5.05. The number of fused-ring (bicyclic) bond motifs is 2. The molecular formula is C20H21ClN4O3S. The van der Waals surface area contributed by atoms with Crippen molar-refractivity contribution in [3.63, 3.8) is 0 Å². The molecule has 2 aromatic heterocycles. The highest BCUT2D eigenvalue weighted by atomic mass is 35.5. The summed E-state index contributed by atoms with van der Waals surface area (Å²) in [6, 6.07) is 9.68. The standard InChI is InChI=1S/C20H21ClN4O3S/c1-25(20(28)13(22)9-26)17-12-5-3-2-4-10(12)6-14(17)23-18(27)15-7-11-8-16(21)29-19(11)24-15/h2-5,7-8,13-14,17,24,26H,6,9,22H2,1H3,(H,23,27)/t13-,14+,17+/m0/s1. The molecule has 0 saturated carbocycles. The average Bonchev–Trinajstić information content (AvgIpc) is 3.36. The van der Waals surface area contributed by atoms with Crippen molar-refractivity contribution in [1.29, 1.82) is 0 Å². The number of benzene rings is 1. The van der Waals surface area contributed by atoms with E-state index in [0.717, 1.165) is 21.3 Å². The van der Waals surface area contributed by atoms with Crippen LogP contribution < -0.4 is 11.1 Å². The minimum atomic E-state index is -0.996. The highest BCUT2D eigenvalue weighted by molar-refractivity contribution is 7.22. The minimum Gasteiger partial charge on any atom is -0.394 e. The second-order valence-corrected chi connectivity index (χ2v) is 8.87. The molecule has 0 aliphatic heterocycles. The minimum absolute atomic E-state index is 0.250. The van der Waals surface area contributed by atoms with Gasteiger partial charge in [0, 0.05) is 12.4 Å². The van der Waals surface area contributed by atoms with Crippen molar-refractivity contribution in [2.24, 2.45) is 5.73 Å². The second-order valence-electron chi connectivity index (χ2n) is 7.18. The van der Waals surface area contributed by atoms with Crippen molar-refractivity contribution in [1.82, 2.24) is 15.2 Å². The summed E-state index contributed by atoms with van der Waals surface area (Å²) in [5.41, 5.74) is 8.23. The molecule has 0 fully saturated rings. The van der Waals surface area contributed by atoms with Crippen molar-refractivity contribution in [3.8, 4) is 0 Å². The van der Waals surface area contributed by atoms with Crippen molar-refractivity contribution >= 4 is 45.0 Å². The fourth-order valence-electron chi connectivity index (χ4n) is 3.92. The van der Waals surface area contributed by atoms with E-state index in [2.05, 4.69) is 10.3 Å². The first-order valence-electron chi connectivity index (χ1n) is 9.19. The molecule has 1 aliphatic rings. The summed E-state index contributed by atoms with van der Waals surface area (Å²) in [5.74, 6) is -0.622. The Hall–Kier alpha value is -2.39. The Balaban J connectivity index is 1.59. The summed E-state index contributed by atoms with van der Waals surface area (Å²) in [4.78, 5) is 30.9. The first-order chi connectivity index (χ1) is 13.9. The normalized spacial score (nSPS) is 19.2. The zero-order valence-electron chi connectivity index (χ0n) is 15.7. The molecule has 152 valence electrons. The van der Waals surface area contributed by atoms with Gasteiger partial charge in [0.2, 0.25) is 5.91 Å². The Morgan fingerprint density at radius 3 is 2.90 bits per heavy atom. The van der Waals surface area contributed by atoms with Gasteiger partial charge in [-0.15, -0.1) is 11.3 Å². The number of nitrogens with two attached hydrogens (primary N) is 1. The summed E-state index contributed by atoms with van der Waals surface area (Å²) in [5, 5.41) is 13.2. The lowest BCUT2D eigenvalue weighted by molar-refractivity contribution is -0.134. The van der Waals surface area contributed by atoms with E-state index in [1.54, 1.807) is 13.1 Å². The van der Waals surface area contributed by atoms with Crippen LogP contribution in [-0.4, -0.2) is 52.5 Å². The number of aliphatic hydroxyl groups excluding tert-OH is 1. The highest BCUT2D eigenvalue weighted by Crippen LogP contribution is 2.36. The zero-order valence-corrected chi connectivity index (χ0v) is 17.3. The van der Waals surface area contributed by atoms with Gasteiger partial charge in [0.1, 0.15) is 16.6 Å². The SMILES string of the molecule is CN(C(=O)[C@@H](N)CO)[C@@H]1c2ccccc2C[C@H]1NC(=O)c1cc2cc(Cl)sc2[nH]1. The molecule has 1 aromatic carbocycles. The van der Waals surface area contributed by atoms with Gasteiger partial charge in [0.05, 0.1) is 23.0 Å². The van der Waals surface area contributed by atoms with Crippen LogP contribution in [-0.2, 0) is 11.2 Å². The third kappa shape index (κ3) is 3.64. The molecule has 9 heteroatoms. The van der Waals surface area contributed by atoms with Crippen LogP contribution in [0.15, 0.2) is 36.4 Å². The summed E-state index contributed by atoms with van der Waals surface area (Å²) in [7, 11) is 1.65. The van der Waals surface area contributed by atoms with Gasteiger partial charge in [-0.1, -0.05) is 35.9 Å². The molecule has 3 aromatic rings. The number of nitrogens with one attached hydrogen (secondary N) is 2. The predicted molar refractivity (Wildman–Crippen MR) is 113 cm³/mol. The number of hydrogen-bond acceptors (Lipinski definition) is 5. The largest absolute Gasteiger partial charge is 0.394 e. The van der Waals surface area contributed by atoms with Crippen molar-refractivity contribution in [3.05, 3.63) is 57.6 Å². The molecule has 0 unspecified atom stereocenters. The quantitative estimate of drug-likeness (QED) is 0.494. The van der Waals surface area contributed by atoms with Crippen LogP contribution in [0.4, 0.5) is 0 Å². The molecule has 3 atom stereocenters. The van der Waals surface area contributed by atoms with E-state index in [1.165, 1.54) is 16.2 Å². The lowest BCUT2D eigenvalue weighted by Crippen LogP contribution is -2.50. The average molecular weight is 433 g/mol. The Morgan fingerprint density at radius 2 is 2.17 bits per heavy atom. The number of aromatic amines is 1. The maximum absolute atomic E-state index is 12.9. The number of hydrogen-bond donors (Lipinski definition) is 4. The zero-order chi connectivity index (χ0) is 20.7. The number of likely N-dealkylation sites (N-methyl/N-ethyl adjacent to an activating group) is 1. The third-order valence-electron chi connectivity index (χ3n) is 5.31. The molecule has 0 spiro atoms. The molecule has 0 bridgehead atoms. The lowest BCUT2D eigenvalue weighted by atomic mass is 10.0. The Morgan fingerprint density at radius 1 is 1.41 bits per heavy atom. The van der Waals surface area contributed by atoms with Crippen LogP contribution in [0.3, 0.4) is 0 Å². The van der Waals surface area contributed by atoms with Crippen LogP contribution in [0.2, 0.25) is 4.34 Å². The first kappa shape index (κ1) is 19.9. The van der Waals surface area contributed by atoms with Gasteiger partial charge in [0.15, 0.2) is 0 Å². The molecule has 0 saturated heterocycles. The molecule has 2 amide bonds. The van der Waals surface area contributed by atoms with Crippen molar-refractivity contribution in [2.75, 3.05) is 13.7 Å². The van der Waals surface area contributed by atoms with E-state index in [1.807, 2.05) is 30.3 Å². The number of nitrogens with zero attached hydrogens (tertiary/aromatic N) is 1. The van der Waals surface area contributed by atoms with Gasteiger partial charge >= 0.3 is 0 Å². The molecule has 29 heavy (non-hydrogen) atoms. The Bertz CT molecular complexity index is 1050. The smallest absolute Gasteiger partial charge is 0.268 e. The Kier molecular flexibility index (Phi) is 5.35. The first-order valence-corrected chi connectivity index (χ1v) is 10.4. The topological polar surface area (TPSA) is 111 Å². The number of H-pyrrole nitrogens is 1. The maximum atomic E-state index is 12.9. The fraction of sp³-hybridized carbons (Fsp3) is 0.300. The summed E-state index contributed by atoms with van der Waals surface area (Å²) < 4.78 is 0.657. The number of aromatic nitrogens is 1. The molecule has 5 N–H and O–H groups in total. The van der Waals surface area contributed by atoms with E-state index >= 15 is 0 Å². The monoisotopic (exact) mass is 432 g/mol. The van der Waals surface area contributed by atoms with Crippen molar-refractivity contribution in [2.45, 2.75) is 24.5 Å². The van der Waals surface area contributed by atoms with Gasteiger partial charge < -0.3 is 26.0 Å². The molecule has 1 aliphatic carbocycles. The molecule has 0 radical (unpaired) electrons. The predicted octanol–water partition coefficient (Wildman–Crippen LogP) is 2.06. The van der Waals surface area contributed by atoms with Gasteiger partial charge in [-0.05, 0) is 29.7 Å². The molecule has 7 nitrogen and oxygen atoms in total. The lowest BCUT2D eigenvalue weighted by Gasteiger charge is -2.32. The number of halogens is 1. The molecule has 2 heterocycles. The summed E-state index contributed by atoms with van der Waals surface area (Å²) in [6.45, 7) is -0.434. The summed E-state index contributed by atoms with van der Waals surface area (Å²) >= 11 is 7.38. The third-order valence-corrected chi connectivity index (χ3v) is 6.51. The van der Waals surface area contributed by atoms with Crippen LogP contribution in [0.5, 0.6) is 0 Å². The van der Waals surface area contributed by atoms with E-state index in [9.17, 15) is 14.7 Å². The van der Waals surface area contributed by atoms with Gasteiger partial charge in [-0.3, -0.25) is 9.59 Å². The number of carbonyl (C=O) groups is 2. The van der Waals surface area contributed by atoms with Gasteiger partial charge in [-0.2, -0.15) is 0 Å². The highest BCUT2D eigenvalue weighted by Gasteiger charge is 2.39. The van der Waals surface area contributed by atoms with Crippen LogP contribution in [0, 0.1) is 0 Å². The number of rotatable bonds is 5. The number of aliphatic hydroxyl groups is 1. The summed E-state index contributed by atoms with van der Waals surface area (Å²) in [6.07, 6.45) is 0.597. The van der Waals surface area contributed by atoms with Gasteiger partial charge in [0.25, 0.3) is 5.91 Å². The number of thiophene rings is 1. The Labute approximate surface area is 176 Å². The van der Waals surface area contributed by atoms with Crippen LogP contribution >= 0.6 is 22.9 Å². The number of amides is 2. The molecular weight excluding hydrogens is 412 g/mol. The molecule has 4 rings (SSSR count). The van der Waals surface area contributed by atoms with Crippen LogP contribution in [0.1, 0.15) is 27.7 Å². The second kappa shape index (κ2) is 7.79. The van der Waals surface area contributed by atoms with Gasteiger partial charge in [-0.25, -0.2) is 0 Å². The van der Waals surface area contributed by atoms with E-state index in [-0.39, 0.29) is 23.9 Å². The number of carbonyl (C=O) groups excluding carboxylic acids is 2. The van der Waals surface area contributed by atoms with E-state index < -0.39 is 12.6 Å². The van der Waals surface area contributed by atoms with Crippen molar-refractivity contribution < 1.29 is 14.7 Å². The van der Waals surface area contributed by atoms with E-state index in [4.69, 9.17) is 17.3 Å². The van der Waals surface area contributed by atoms with E-state index in [0.29, 0.717) is 16.5 Å². The maximum Gasteiger partial charge on any atom is 0.268 e.